The van der Waals surface area contributed by atoms with E-state index < -0.39 is 12.1 Å². The van der Waals surface area contributed by atoms with E-state index in [2.05, 4.69) is 14.9 Å². The van der Waals surface area contributed by atoms with Crippen molar-refractivity contribution in [2.45, 2.75) is 19.1 Å². The van der Waals surface area contributed by atoms with Crippen LogP contribution in [0.4, 0.5) is 4.39 Å². The Labute approximate surface area is 148 Å². The summed E-state index contributed by atoms with van der Waals surface area (Å²) >= 11 is 0. The van der Waals surface area contributed by atoms with E-state index in [0.717, 1.165) is 23.0 Å². The van der Waals surface area contributed by atoms with E-state index in [1.165, 1.54) is 6.07 Å². The Morgan fingerprint density at radius 1 is 1.23 bits per heavy atom. The predicted molar refractivity (Wildman–Crippen MR) is 97.7 cm³/mol. The number of hydrogen-bond donors (Lipinski definition) is 3. The molecule has 0 spiro atoms. The summed E-state index contributed by atoms with van der Waals surface area (Å²) in [6.45, 7) is 1.97. The molecular weight excluding hydrogens is 335 g/mol. The fourth-order valence-electron chi connectivity index (χ4n) is 3.44. The number of hydrogen-bond acceptors (Lipinski definition) is 3. The standard InChI is InChI=1S/C19H19FN4O2/c20-13-5-6-24(10-13)9-11-1-3-15-12(7-11)8-17(22-15)14-2-4-16(18(21)25)23-19(14)26/h1-4,7-8,13,22H,5-6,9-10H2,(H2,21,25)(H,23,26)/t13-/m1/s1. The number of nitrogens with one attached hydrogen (secondary N) is 2. The highest BCUT2D eigenvalue weighted by Crippen LogP contribution is 2.24. The van der Waals surface area contributed by atoms with Gasteiger partial charge in [-0.25, -0.2) is 4.39 Å². The first kappa shape index (κ1) is 16.5. The van der Waals surface area contributed by atoms with Gasteiger partial charge < -0.3 is 15.7 Å². The topological polar surface area (TPSA) is 95.0 Å². The molecule has 2 aromatic heterocycles. The molecule has 0 radical (unpaired) electrons. The van der Waals surface area contributed by atoms with Crippen LogP contribution in [0.5, 0.6) is 0 Å². The average molecular weight is 354 g/mol. The first-order chi connectivity index (χ1) is 12.5. The van der Waals surface area contributed by atoms with Crippen LogP contribution in [0.15, 0.2) is 41.2 Å². The van der Waals surface area contributed by atoms with E-state index in [0.29, 0.717) is 30.8 Å². The van der Waals surface area contributed by atoms with Crippen molar-refractivity contribution in [2.24, 2.45) is 5.73 Å². The van der Waals surface area contributed by atoms with E-state index in [-0.39, 0.29) is 11.3 Å². The molecule has 1 saturated heterocycles. The normalized spacial score (nSPS) is 17.8. The second-order valence-electron chi connectivity index (χ2n) is 6.70. The summed E-state index contributed by atoms with van der Waals surface area (Å²) in [4.78, 5) is 31.2. The molecule has 1 fully saturated rings. The molecule has 6 nitrogen and oxygen atoms in total. The Balaban J connectivity index is 1.63. The van der Waals surface area contributed by atoms with Gasteiger partial charge in [0, 0.05) is 30.5 Å². The number of primary amides is 1. The molecule has 1 aliphatic heterocycles. The maximum absolute atomic E-state index is 13.3. The van der Waals surface area contributed by atoms with E-state index >= 15 is 0 Å². The number of amides is 1. The number of alkyl halides is 1. The van der Waals surface area contributed by atoms with Gasteiger partial charge in [-0.1, -0.05) is 6.07 Å². The third kappa shape index (κ3) is 3.13. The zero-order valence-corrected chi connectivity index (χ0v) is 14.1. The Kier molecular flexibility index (Phi) is 4.08. The number of fused-ring (bicyclic) bond motifs is 1. The highest BCUT2D eigenvalue weighted by atomic mass is 19.1. The molecular formula is C19H19FN4O2. The van der Waals surface area contributed by atoms with Crippen LogP contribution in [-0.2, 0) is 6.54 Å². The number of rotatable bonds is 4. The van der Waals surface area contributed by atoms with Gasteiger partial charge in [0.25, 0.3) is 11.5 Å². The van der Waals surface area contributed by atoms with Crippen LogP contribution in [0.25, 0.3) is 22.2 Å². The Hall–Kier alpha value is -2.93. The summed E-state index contributed by atoms with van der Waals surface area (Å²) < 4.78 is 13.3. The summed E-state index contributed by atoms with van der Waals surface area (Å²) in [5, 5.41) is 0.979. The molecule has 7 heteroatoms. The van der Waals surface area contributed by atoms with Crippen LogP contribution >= 0.6 is 0 Å². The number of pyridine rings is 1. The monoisotopic (exact) mass is 354 g/mol. The average Bonchev–Trinajstić information content (AvgIpc) is 3.20. The van der Waals surface area contributed by atoms with E-state index in [9.17, 15) is 14.0 Å². The van der Waals surface area contributed by atoms with Gasteiger partial charge in [0.2, 0.25) is 0 Å². The lowest BCUT2D eigenvalue weighted by Crippen LogP contribution is -2.20. The highest BCUT2D eigenvalue weighted by Gasteiger charge is 2.21. The summed E-state index contributed by atoms with van der Waals surface area (Å²) in [7, 11) is 0. The van der Waals surface area contributed by atoms with E-state index in [1.54, 1.807) is 6.07 Å². The van der Waals surface area contributed by atoms with Crippen LogP contribution in [-0.4, -0.2) is 40.0 Å². The SMILES string of the molecule is NC(=O)c1ccc(-c2cc3cc(CN4CC[C@@H](F)C4)ccc3[nH]2)c(=O)[nH]1. The maximum Gasteiger partial charge on any atom is 0.265 e. The Bertz CT molecular complexity index is 1040. The Morgan fingerprint density at radius 3 is 2.77 bits per heavy atom. The summed E-state index contributed by atoms with van der Waals surface area (Å²) in [5.74, 6) is -0.674. The van der Waals surface area contributed by atoms with Gasteiger partial charge in [-0.3, -0.25) is 14.5 Å². The molecule has 0 bridgehead atoms. The van der Waals surface area contributed by atoms with Gasteiger partial charge in [-0.2, -0.15) is 0 Å². The van der Waals surface area contributed by atoms with Crippen molar-refractivity contribution >= 4 is 16.8 Å². The number of aromatic amines is 2. The smallest absolute Gasteiger partial charge is 0.265 e. The van der Waals surface area contributed by atoms with Crippen molar-refractivity contribution in [2.75, 3.05) is 13.1 Å². The van der Waals surface area contributed by atoms with Crippen LogP contribution in [0.1, 0.15) is 22.5 Å². The lowest BCUT2D eigenvalue weighted by atomic mass is 10.1. The molecule has 4 N–H and O–H groups in total. The number of carbonyl (C=O) groups is 1. The minimum Gasteiger partial charge on any atom is -0.364 e. The number of likely N-dealkylation sites (tertiary alicyclic amines) is 1. The Morgan fingerprint density at radius 2 is 2.08 bits per heavy atom. The summed E-state index contributed by atoms with van der Waals surface area (Å²) in [6.07, 6.45) is -0.131. The number of aromatic nitrogens is 2. The van der Waals surface area contributed by atoms with Crippen molar-refractivity contribution in [1.82, 2.24) is 14.9 Å². The number of carbonyl (C=O) groups excluding carboxylic acids is 1. The zero-order valence-electron chi connectivity index (χ0n) is 14.1. The number of H-pyrrole nitrogens is 2. The molecule has 3 aromatic rings. The number of benzene rings is 1. The third-order valence-corrected chi connectivity index (χ3v) is 4.77. The zero-order chi connectivity index (χ0) is 18.3. The van der Waals surface area contributed by atoms with Gasteiger partial charge in [0.15, 0.2) is 0 Å². The minimum atomic E-state index is -0.729. The van der Waals surface area contributed by atoms with Crippen LogP contribution in [0, 0.1) is 0 Å². The van der Waals surface area contributed by atoms with Gasteiger partial charge in [-0.15, -0.1) is 0 Å². The largest absolute Gasteiger partial charge is 0.364 e. The fourth-order valence-corrected chi connectivity index (χ4v) is 3.44. The van der Waals surface area contributed by atoms with Crippen LogP contribution in [0.2, 0.25) is 0 Å². The minimum absolute atomic E-state index is 0.0777. The van der Waals surface area contributed by atoms with Crippen LogP contribution in [0.3, 0.4) is 0 Å². The van der Waals surface area contributed by atoms with Gasteiger partial charge in [0.05, 0.1) is 11.3 Å². The quantitative estimate of drug-likeness (QED) is 0.670. The van der Waals surface area contributed by atoms with Gasteiger partial charge in [-0.05, 0) is 42.3 Å². The van der Waals surface area contributed by atoms with Crippen molar-refractivity contribution in [3.05, 3.63) is 58.0 Å². The maximum atomic E-state index is 13.3. The number of nitrogens with two attached hydrogens (primary N) is 1. The molecule has 26 heavy (non-hydrogen) atoms. The number of nitrogens with zero attached hydrogens (tertiary/aromatic N) is 1. The van der Waals surface area contributed by atoms with Crippen LogP contribution < -0.4 is 11.3 Å². The van der Waals surface area contributed by atoms with Crippen molar-refractivity contribution in [3.8, 4) is 11.3 Å². The van der Waals surface area contributed by atoms with Crippen molar-refractivity contribution in [3.63, 3.8) is 0 Å². The first-order valence-corrected chi connectivity index (χ1v) is 8.51. The second kappa shape index (κ2) is 6.42. The molecule has 0 unspecified atom stereocenters. The lowest BCUT2D eigenvalue weighted by Gasteiger charge is -2.14. The first-order valence-electron chi connectivity index (χ1n) is 8.51. The van der Waals surface area contributed by atoms with Gasteiger partial charge >= 0.3 is 0 Å². The molecule has 0 saturated carbocycles. The molecule has 0 aliphatic carbocycles. The fraction of sp³-hybridized carbons (Fsp3) is 0.263. The van der Waals surface area contributed by atoms with Crippen molar-refractivity contribution in [1.29, 1.82) is 0 Å². The number of halogens is 1. The summed E-state index contributed by atoms with van der Waals surface area (Å²) in [6, 6.07) is 11.0. The van der Waals surface area contributed by atoms with E-state index in [4.69, 9.17) is 5.73 Å². The van der Waals surface area contributed by atoms with Crippen molar-refractivity contribution < 1.29 is 9.18 Å². The molecule has 1 amide bonds. The second-order valence-corrected chi connectivity index (χ2v) is 6.70. The molecule has 1 aliphatic rings. The third-order valence-electron chi connectivity index (χ3n) is 4.77. The predicted octanol–water partition coefficient (Wildman–Crippen LogP) is 2.17. The lowest BCUT2D eigenvalue weighted by molar-refractivity contribution is 0.0995. The molecule has 134 valence electrons. The summed E-state index contributed by atoms with van der Waals surface area (Å²) in [5.41, 5.74) is 8.00. The molecule has 3 heterocycles. The van der Waals surface area contributed by atoms with Gasteiger partial charge in [0.1, 0.15) is 11.9 Å². The molecule has 1 aromatic carbocycles. The van der Waals surface area contributed by atoms with E-state index in [1.807, 2.05) is 24.3 Å². The highest BCUT2D eigenvalue weighted by molar-refractivity contribution is 5.91. The molecule has 1 atom stereocenters. The molecule has 4 rings (SSSR count).